The van der Waals surface area contributed by atoms with Crippen LogP contribution in [0.5, 0.6) is 0 Å². The molecule has 1 fully saturated rings. The lowest BCUT2D eigenvalue weighted by molar-refractivity contribution is 0.331. The van der Waals surface area contributed by atoms with E-state index in [-0.39, 0.29) is 0 Å². The highest BCUT2D eigenvalue weighted by molar-refractivity contribution is 5.75. The zero-order chi connectivity index (χ0) is 7.98. The van der Waals surface area contributed by atoms with Crippen molar-refractivity contribution in [2.75, 3.05) is 13.7 Å². The van der Waals surface area contributed by atoms with E-state index < -0.39 is 0 Å². The Morgan fingerprint density at radius 3 is 2.40 bits per heavy atom. The van der Waals surface area contributed by atoms with Crippen LogP contribution in [0.1, 0.15) is 20.8 Å². The predicted octanol–water partition coefficient (Wildman–Crippen LogP) is 1.01. The number of rotatable bonds is 0. The first kappa shape index (κ1) is 9.27. The molecule has 0 aromatic carbocycles. The maximum atomic E-state index is 5.05. The Morgan fingerprint density at radius 1 is 1.60 bits per heavy atom. The quantitative estimate of drug-likeness (QED) is 0.550. The van der Waals surface area contributed by atoms with E-state index in [1.165, 1.54) is 0 Å². The number of hydrogen-bond acceptors (Lipinski definition) is 2. The van der Waals surface area contributed by atoms with E-state index in [0.717, 1.165) is 6.61 Å². The van der Waals surface area contributed by atoms with Crippen molar-refractivity contribution in [3.8, 4) is 0 Å². The van der Waals surface area contributed by atoms with Crippen LogP contribution in [-0.2, 0) is 4.74 Å². The minimum atomic E-state index is 0.425. The van der Waals surface area contributed by atoms with Gasteiger partial charge in [0.25, 0.3) is 6.02 Å². The van der Waals surface area contributed by atoms with Gasteiger partial charge in [-0.1, -0.05) is 13.8 Å². The van der Waals surface area contributed by atoms with E-state index in [1.54, 1.807) is 7.05 Å². The molecular formula is C7H16N2O. The van der Waals surface area contributed by atoms with Gasteiger partial charge >= 0.3 is 0 Å². The average molecular weight is 144 g/mol. The Hall–Kier alpha value is -0.730. The molecule has 1 atom stereocenters. The molecule has 1 aliphatic rings. The van der Waals surface area contributed by atoms with Crippen molar-refractivity contribution in [3.63, 3.8) is 0 Å². The molecule has 0 saturated carbocycles. The summed E-state index contributed by atoms with van der Waals surface area (Å²) < 4.78 is 5.05. The van der Waals surface area contributed by atoms with E-state index in [4.69, 9.17) is 4.74 Å². The fourth-order valence-electron chi connectivity index (χ4n) is 0.627. The Balaban J connectivity index is 0.000000371. The van der Waals surface area contributed by atoms with Gasteiger partial charge in [0.15, 0.2) is 0 Å². The SMILES string of the molecule is CC.CN=C1NC(C)CO1. The van der Waals surface area contributed by atoms with Crippen LogP contribution in [0.2, 0.25) is 0 Å². The summed E-state index contributed by atoms with van der Waals surface area (Å²) in [5.74, 6) is 0. The second-order valence-electron chi connectivity index (χ2n) is 1.89. The summed E-state index contributed by atoms with van der Waals surface area (Å²) in [4.78, 5) is 3.82. The molecule has 3 nitrogen and oxygen atoms in total. The molecule has 60 valence electrons. The van der Waals surface area contributed by atoms with Crippen LogP contribution >= 0.6 is 0 Å². The second-order valence-corrected chi connectivity index (χ2v) is 1.89. The topological polar surface area (TPSA) is 33.6 Å². The number of amidine groups is 1. The van der Waals surface area contributed by atoms with Crippen molar-refractivity contribution >= 4 is 6.02 Å². The fourth-order valence-corrected chi connectivity index (χ4v) is 0.627. The predicted molar refractivity (Wildman–Crippen MR) is 43.3 cm³/mol. The van der Waals surface area contributed by atoms with E-state index in [1.807, 2.05) is 13.8 Å². The summed E-state index contributed by atoms with van der Waals surface area (Å²) >= 11 is 0. The van der Waals surface area contributed by atoms with E-state index >= 15 is 0 Å². The molecule has 0 amide bonds. The van der Waals surface area contributed by atoms with Gasteiger partial charge in [-0.3, -0.25) is 0 Å². The Labute approximate surface area is 62.5 Å². The summed E-state index contributed by atoms with van der Waals surface area (Å²) in [6.07, 6.45) is 0. The van der Waals surface area contributed by atoms with Crippen molar-refractivity contribution in [1.29, 1.82) is 0 Å². The molecule has 10 heavy (non-hydrogen) atoms. The molecule has 0 aromatic rings. The van der Waals surface area contributed by atoms with Gasteiger partial charge in [0, 0.05) is 7.05 Å². The lowest BCUT2D eigenvalue weighted by Gasteiger charge is -1.93. The highest BCUT2D eigenvalue weighted by Gasteiger charge is 2.13. The van der Waals surface area contributed by atoms with Gasteiger partial charge in [-0.05, 0) is 6.92 Å². The highest BCUT2D eigenvalue weighted by Crippen LogP contribution is 1.94. The second kappa shape index (κ2) is 5.09. The Kier molecular flexibility index (Phi) is 4.72. The Bertz CT molecular complexity index is 112. The van der Waals surface area contributed by atoms with E-state index in [9.17, 15) is 0 Å². The summed E-state index contributed by atoms with van der Waals surface area (Å²) in [5, 5.41) is 3.03. The number of nitrogens with zero attached hydrogens (tertiary/aromatic N) is 1. The third-order valence-electron chi connectivity index (χ3n) is 1.04. The third-order valence-corrected chi connectivity index (χ3v) is 1.04. The van der Waals surface area contributed by atoms with Crippen LogP contribution < -0.4 is 5.32 Å². The molecule has 1 N–H and O–H groups in total. The van der Waals surface area contributed by atoms with Gasteiger partial charge in [0.1, 0.15) is 6.61 Å². The number of ether oxygens (including phenoxy) is 1. The summed E-state index contributed by atoms with van der Waals surface area (Å²) in [6, 6.07) is 1.09. The molecule has 1 aliphatic heterocycles. The van der Waals surface area contributed by atoms with Crippen LogP contribution in [0.25, 0.3) is 0 Å². The number of aliphatic imine (C=N–C) groups is 1. The lowest BCUT2D eigenvalue weighted by Crippen LogP contribution is -2.23. The zero-order valence-corrected chi connectivity index (χ0v) is 7.14. The van der Waals surface area contributed by atoms with Crippen molar-refractivity contribution in [2.45, 2.75) is 26.8 Å². The molecule has 3 heteroatoms. The molecule has 0 bridgehead atoms. The van der Waals surface area contributed by atoms with Gasteiger partial charge in [0.2, 0.25) is 0 Å². The van der Waals surface area contributed by atoms with Crippen molar-refractivity contribution in [1.82, 2.24) is 5.32 Å². The number of hydrogen-bond donors (Lipinski definition) is 1. The van der Waals surface area contributed by atoms with E-state index in [0.29, 0.717) is 12.1 Å². The Morgan fingerprint density at radius 2 is 2.20 bits per heavy atom. The van der Waals surface area contributed by atoms with Crippen LogP contribution in [0.15, 0.2) is 4.99 Å². The molecule has 1 saturated heterocycles. The maximum Gasteiger partial charge on any atom is 0.284 e. The first-order valence-electron chi connectivity index (χ1n) is 3.69. The fraction of sp³-hybridized carbons (Fsp3) is 0.857. The molecule has 0 aliphatic carbocycles. The molecule has 0 aromatic heterocycles. The van der Waals surface area contributed by atoms with Gasteiger partial charge in [-0.2, -0.15) is 0 Å². The van der Waals surface area contributed by atoms with Crippen molar-refractivity contribution in [3.05, 3.63) is 0 Å². The molecule has 0 radical (unpaired) electrons. The minimum Gasteiger partial charge on any atom is -0.463 e. The summed E-state index contributed by atoms with van der Waals surface area (Å²) in [7, 11) is 1.71. The maximum absolute atomic E-state index is 5.05. The molecule has 1 heterocycles. The minimum absolute atomic E-state index is 0.425. The monoisotopic (exact) mass is 144 g/mol. The van der Waals surface area contributed by atoms with Crippen LogP contribution in [0, 0.1) is 0 Å². The molecule has 0 spiro atoms. The van der Waals surface area contributed by atoms with Gasteiger partial charge < -0.3 is 10.1 Å². The van der Waals surface area contributed by atoms with E-state index in [2.05, 4.69) is 17.2 Å². The van der Waals surface area contributed by atoms with Gasteiger partial charge in [-0.15, -0.1) is 0 Å². The van der Waals surface area contributed by atoms with Crippen molar-refractivity contribution in [2.24, 2.45) is 4.99 Å². The normalized spacial score (nSPS) is 26.4. The molecule has 1 unspecified atom stereocenters. The van der Waals surface area contributed by atoms with Gasteiger partial charge in [0.05, 0.1) is 6.04 Å². The summed E-state index contributed by atoms with van der Waals surface area (Å²) in [5.41, 5.74) is 0. The smallest absolute Gasteiger partial charge is 0.284 e. The lowest BCUT2D eigenvalue weighted by atomic mass is 10.4. The highest BCUT2D eigenvalue weighted by atomic mass is 16.5. The first-order chi connectivity index (χ1) is 4.83. The first-order valence-corrected chi connectivity index (χ1v) is 3.69. The molecule has 1 rings (SSSR count). The van der Waals surface area contributed by atoms with Gasteiger partial charge in [-0.25, -0.2) is 4.99 Å². The van der Waals surface area contributed by atoms with Crippen molar-refractivity contribution < 1.29 is 4.74 Å². The molecular weight excluding hydrogens is 128 g/mol. The van der Waals surface area contributed by atoms with Crippen LogP contribution in [0.4, 0.5) is 0 Å². The zero-order valence-electron chi connectivity index (χ0n) is 7.14. The summed E-state index contributed by atoms with van der Waals surface area (Å²) in [6.45, 7) is 6.80. The number of nitrogens with one attached hydrogen (secondary N) is 1. The van der Waals surface area contributed by atoms with Crippen LogP contribution in [0.3, 0.4) is 0 Å². The average Bonchev–Trinajstić information content (AvgIpc) is 2.40. The van der Waals surface area contributed by atoms with Crippen LogP contribution in [-0.4, -0.2) is 25.7 Å². The third kappa shape index (κ3) is 2.71. The standard InChI is InChI=1S/C5H10N2O.C2H6/c1-4-3-8-5(6-2)7-4;1-2/h4H,3H2,1-2H3,(H,6,7);1-2H3. The largest absolute Gasteiger partial charge is 0.463 e.